The predicted octanol–water partition coefficient (Wildman–Crippen LogP) is 5.71. The fourth-order valence-corrected chi connectivity index (χ4v) is 2.57. The van der Waals surface area contributed by atoms with Gasteiger partial charge in [0, 0.05) is 0 Å². The number of benzene rings is 2. The molecule has 1 aliphatic carbocycles. The Balaban J connectivity index is 1.63. The summed E-state index contributed by atoms with van der Waals surface area (Å²) in [6.45, 7) is 4.98. The van der Waals surface area contributed by atoms with Gasteiger partial charge >= 0.3 is 0 Å². The Morgan fingerprint density at radius 3 is 2.00 bits per heavy atom. The van der Waals surface area contributed by atoms with Crippen LogP contribution in [0.2, 0.25) is 0 Å². The molecule has 0 unspecified atom stereocenters. The first-order valence-corrected chi connectivity index (χ1v) is 7.86. The van der Waals surface area contributed by atoms with Gasteiger partial charge in [-0.15, -0.1) is 0 Å². The van der Waals surface area contributed by atoms with Crippen LogP contribution in [0, 0.1) is 6.92 Å². The van der Waals surface area contributed by atoms with E-state index in [1.165, 1.54) is 27.8 Å². The molecule has 112 valence electrons. The second-order valence-electron chi connectivity index (χ2n) is 6.02. The molecule has 2 aromatic rings. The van der Waals surface area contributed by atoms with Crippen LogP contribution in [-0.4, -0.2) is 6.61 Å². The molecule has 0 atom stereocenters. The zero-order chi connectivity index (χ0) is 15.4. The van der Waals surface area contributed by atoms with Gasteiger partial charge < -0.3 is 4.74 Å². The van der Waals surface area contributed by atoms with Crippen LogP contribution in [0.3, 0.4) is 0 Å². The average Bonchev–Trinajstić information content (AvgIpc) is 2.56. The first-order valence-electron chi connectivity index (χ1n) is 7.86. The van der Waals surface area contributed by atoms with Crippen molar-refractivity contribution in [3.8, 4) is 16.9 Å². The summed E-state index contributed by atoms with van der Waals surface area (Å²) in [5, 5.41) is 0. The molecule has 0 N–H and O–H groups in total. The smallest absolute Gasteiger partial charge is 0.119 e. The molecule has 0 aliphatic heterocycles. The third-order valence-electron chi connectivity index (χ3n) is 4.11. The van der Waals surface area contributed by atoms with Crippen molar-refractivity contribution in [1.29, 1.82) is 0 Å². The summed E-state index contributed by atoms with van der Waals surface area (Å²) in [6, 6.07) is 17.0. The molecule has 0 bridgehead atoms. The highest BCUT2D eigenvalue weighted by molar-refractivity contribution is 5.64. The molecule has 1 nitrogen and oxygen atoms in total. The molecule has 0 saturated carbocycles. The molecule has 3 rings (SSSR count). The van der Waals surface area contributed by atoms with Gasteiger partial charge in [0.25, 0.3) is 0 Å². The summed E-state index contributed by atoms with van der Waals surface area (Å²) in [5.74, 6) is 0.933. The zero-order valence-corrected chi connectivity index (χ0v) is 13.3. The van der Waals surface area contributed by atoms with Crippen LogP contribution in [0.5, 0.6) is 5.75 Å². The highest BCUT2D eigenvalue weighted by atomic mass is 16.5. The van der Waals surface area contributed by atoms with E-state index in [0.29, 0.717) is 6.61 Å². The van der Waals surface area contributed by atoms with E-state index in [0.717, 1.165) is 18.6 Å². The number of aryl methyl sites for hydroxylation is 1. The van der Waals surface area contributed by atoms with Crippen LogP contribution in [0.1, 0.15) is 25.3 Å². The molecule has 0 heterocycles. The largest absolute Gasteiger partial charge is 0.489 e. The lowest BCUT2D eigenvalue weighted by molar-refractivity contribution is 0.347. The molecule has 0 fully saturated rings. The van der Waals surface area contributed by atoms with Crippen molar-refractivity contribution < 1.29 is 4.74 Å². The average molecular weight is 290 g/mol. The maximum absolute atomic E-state index is 5.89. The van der Waals surface area contributed by atoms with Crippen LogP contribution >= 0.6 is 0 Å². The van der Waals surface area contributed by atoms with E-state index in [9.17, 15) is 0 Å². The van der Waals surface area contributed by atoms with Gasteiger partial charge in [-0.05, 0) is 55.5 Å². The molecule has 0 radical (unpaired) electrons. The van der Waals surface area contributed by atoms with E-state index in [2.05, 4.69) is 74.5 Å². The van der Waals surface area contributed by atoms with E-state index >= 15 is 0 Å². The van der Waals surface area contributed by atoms with Gasteiger partial charge in [-0.25, -0.2) is 0 Å². The fourth-order valence-electron chi connectivity index (χ4n) is 2.57. The predicted molar refractivity (Wildman–Crippen MR) is 93.2 cm³/mol. The Bertz CT molecular complexity index is 688. The minimum Gasteiger partial charge on any atom is -0.489 e. The fraction of sp³-hybridized carbons (Fsp3) is 0.238. The third kappa shape index (κ3) is 3.67. The number of rotatable bonds is 4. The zero-order valence-electron chi connectivity index (χ0n) is 13.3. The summed E-state index contributed by atoms with van der Waals surface area (Å²) in [6.07, 6.45) is 6.66. The van der Waals surface area contributed by atoms with Gasteiger partial charge in [0.05, 0.1) is 0 Å². The van der Waals surface area contributed by atoms with E-state index < -0.39 is 0 Å². The van der Waals surface area contributed by atoms with E-state index in [1.54, 1.807) is 0 Å². The van der Waals surface area contributed by atoms with Crippen LogP contribution in [0.25, 0.3) is 11.1 Å². The molecular formula is C21H22O. The number of ether oxygens (including phenoxy) is 1. The Labute approximate surface area is 133 Å². The van der Waals surface area contributed by atoms with Crippen molar-refractivity contribution in [2.45, 2.75) is 26.7 Å². The third-order valence-corrected chi connectivity index (χ3v) is 4.11. The minimum atomic E-state index is 0.688. The SMILES string of the molecule is CC1=CC=C(COc2ccc(-c3ccc(C)cc3)cc2)CC1. The van der Waals surface area contributed by atoms with Gasteiger partial charge in [-0.2, -0.15) is 0 Å². The van der Waals surface area contributed by atoms with Crippen molar-refractivity contribution in [2.75, 3.05) is 6.61 Å². The van der Waals surface area contributed by atoms with Crippen molar-refractivity contribution in [1.82, 2.24) is 0 Å². The molecule has 22 heavy (non-hydrogen) atoms. The Morgan fingerprint density at radius 2 is 1.41 bits per heavy atom. The normalized spacial score (nSPS) is 14.3. The highest BCUT2D eigenvalue weighted by Crippen LogP contribution is 2.24. The number of hydrogen-bond donors (Lipinski definition) is 0. The monoisotopic (exact) mass is 290 g/mol. The Hall–Kier alpha value is -2.28. The molecule has 1 aliphatic rings. The molecule has 0 amide bonds. The molecule has 2 aromatic carbocycles. The van der Waals surface area contributed by atoms with Crippen molar-refractivity contribution >= 4 is 0 Å². The topological polar surface area (TPSA) is 9.23 Å². The van der Waals surface area contributed by atoms with E-state index in [-0.39, 0.29) is 0 Å². The first-order chi connectivity index (χ1) is 10.7. The van der Waals surface area contributed by atoms with Crippen LogP contribution in [0.15, 0.2) is 71.8 Å². The lowest BCUT2D eigenvalue weighted by Crippen LogP contribution is -2.03. The quantitative estimate of drug-likeness (QED) is 0.701. The standard InChI is InChI=1S/C21H22O/c1-16-3-7-18(8-4-16)15-22-21-13-11-20(12-14-21)19-9-5-17(2)6-10-19/h3,5-7,9-14H,4,8,15H2,1-2H3. The van der Waals surface area contributed by atoms with Gasteiger partial charge in [0.15, 0.2) is 0 Å². The van der Waals surface area contributed by atoms with Crippen LogP contribution in [-0.2, 0) is 0 Å². The summed E-state index contributed by atoms with van der Waals surface area (Å²) in [5.41, 5.74) is 6.57. The minimum absolute atomic E-state index is 0.688. The summed E-state index contributed by atoms with van der Waals surface area (Å²) >= 11 is 0. The molecular weight excluding hydrogens is 268 g/mol. The Kier molecular flexibility index (Phi) is 4.43. The maximum Gasteiger partial charge on any atom is 0.119 e. The maximum atomic E-state index is 5.89. The number of allylic oxidation sites excluding steroid dienone is 3. The second-order valence-corrected chi connectivity index (χ2v) is 6.02. The lowest BCUT2D eigenvalue weighted by Gasteiger charge is -2.13. The summed E-state index contributed by atoms with van der Waals surface area (Å²) in [7, 11) is 0. The summed E-state index contributed by atoms with van der Waals surface area (Å²) in [4.78, 5) is 0. The summed E-state index contributed by atoms with van der Waals surface area (Å²) < 4.78 is 5.89. The second kappa shape index (κ2) is 6.65. The Morgan fingerprint density at radius 1 is 0.773 bits per heavy atom. The molecule has 1 heteroatoms. The van der Waals surface area contributed by atoms with E-state index in [4.69, 9.17) is 4.74 Å². The molecule has 0 saturated heterocycles. The lowest BCUT2D eigenvalue weighted by atomic mass is 10.0. The molecule has 0 spiro atoms. The van der Waals surface area contributed by atoms with Gasteiger partial charge in [-0.1, -0.05) is 59.7 Å². The van der Waals surface area contributed by atoms with Crippen LogP contribution < -0.4 is 4.74 Å². The van der Waals surface area contributed by atoms with Crippen molar-refractivity contribution in [3.05, 3.63) is 77.4 Å². The highest BCUT2D eigenvalue weighted by Gasteiger charge is 2.04. The van der Waals surface area contributed by atoms with Gasteiger partial charge in [-0.3, -0.25) is 0 Å². The van der Waals surface area contributed by atoms with Crippen molar-refractivity contribution in [3.63, 3.8) is 0 Å². The van der Waals surface area contributed by atoms with Gasteiger partial charge in [0.1, 0.15) is 12.4 Å². The van der Waals surface area contributed by atoms with E-state index in [1.807, 2.05) is 0 Å². The van der Waals surface area contributed by atoms with Crippen molar-refractivity contribution in [2.24, 2.45) is 0 Å². The van der Waals surface area contributed by atoms with Crippen LogP contribution in [0.4, 0.5) is 0 Å². The molecule has 0 aromatic heterocycles. The number of hydrogen-bond acceptors (Lipinski definition) is 1. The first kappa shape index (κ1) is 14.6. The van der Waals surface area contributed by atoms with Gasteiger partial charge in [0.2, 0.25) is 0 Å².